The zero-order valence-electron chi connectivity index (χ0n) is 24.0. The first kappa shape index (κ1) is 31.7. The van der Waals surface area contributed by atoms with Crippen LogP contribution in [0.15, 0.2) is 73.4 Å². The molecule has 1 amide bonds. The number of carbonyl (C=O) groups excluding carboxylic acids is 2. The van der Waals surface area contributed by atoms with Crippen LogP contribution in [0.1, 0.15) is 57.4 Å². The number of thioether (sulfide) groups is 1. The van der Waals surface area contributed by atoms with Gasteiger partial charge in [-0.3, -0.25) is 4.79 Å². The summed E-state index contributed by atoms with van der Waals surface area (Å²) in [5, 5.41) is -0.0211. The van der Waals surface area contributed by atoms with Gasteiger partial charge in [-0.05, 0) is 56.7 Å². The van der Waals surface area contributed by atoms with Crippen LogP contribution in [0.4, 0.5) is 4.79 Å². The molecule has 2 saturated heterocycles. The molecule has 0 bridgehead atoms. The second-order valence-corrected chi connectivity index (χ2v) is 11.2. The van der Waals surface area contributed by atoms with Crippen molar-refractivity contribution in [1.82, 2.24) is 4.90 Å². The van der Waals surface area contributed by atoms with Gasteiger partial charge in [-0.15, -0.1) is 6.58 Å². The van der Waals surface area contributed by atoms with Crippen LogP contribution < -0.4 is 4.74 Å². The smallest absolute Gasteiger partial charge is 0.330 e. The van der Waals surface area contributed by atoms with E-state index >= 15 is 0 Å². The Hall–Kier alpha value is -2.81. The number of benzene rings is 1. The average Bonchev–Trinajstić information content (AvgIpc) is 3.31. The number of hydrogen-bond acceptors (Lipinski definition) is 7. The molecule has 2 heterocycles. The highest BCUT2D eigenvalue weighted by atomic mass is 32.2. The number of nitrogens with zero attached hydrogens (tertiary/aromatic N) is 1. The maximum Gasteiger partial charge on any atom is 0.330 e. The van der Waals surface area contributed by atoms with Crippen molar-refractivity contribution in [3.63, 3.8) is 0 Å². The summed E-state index contributed by atoms with van der Waals surface area (Å²) in [6, 6.07) is 7.35. The Balaban J connectivity index is 1.79. The number of allylic oxidation sites excluding steroid dienone is 5. The lowest BCUT2D eigenvalue weighted by atomic mass is 9.90. The Morgan fingerprint density at radius 1 is 1.23 bits per heavy atom. The molecule has 218 valence electrons. The van der Waals surface area contributed by atoms with Gasteiger partial charge in [-0.2, -0.15) is 0 Å². The minimum Gasteiger partial charge on any atom is -0.497 e. The van der Waals surface area contributed by atoms with Gasteiger partial charge in [0.15, 0.2) is 5.79 Å². The molecular formula is C32H43NO6S. The summed E-state index contributed by atoms with van der Waals surface area (Å²) in [4.78, 5) is 27.8. The lowest BCUT2D eigenvalue weighted by molar-refractivity contribution is -0.305. The predicted molar refractivity (Wildman–Crippen MR) is 160 cm³/mol. The molecule has 0 unspecified atom stereocenters. The van der Waals surface area contributed by atoms with Gasteiger partial charge in [0.25, 0.3) is 5.24 Å². The molecule has 0 saturated carbocycles. The molecule has 40 heavy (non-hydrogen) atoms. The number of ether oxygens (including phenoxy) is 4. The molecule has 7 nitrogen and oxygen atoms in total. The van der Waals surface area contributed by atoms with Crippen molar-refractivity contribution in [1.29, 1.82) is 0 Å². The van der Waals surface area contributed by atoms with E-state index in [2.05, 4.69) is 13.2 Å². The predicted octanol–water partition coefficient (Wildman–Crippen LogP) is 6.99. The third kappa shape index (κ3) is 8.85. The molecule has 2 fully saturated rings. The zero-order chi connectivity index (χ0) is 29.0. The van der Waals surface area contributed by atoms with Crippen molar-refractivity contribution in [2.75, 3.05) is 20.0 Å². The molecule has 0 spiro atoms. The highest BCUT2D eigenvalue weighted by Crippen LogP contribution is 2.42. The SMILES string of the molecule is C=CC=CCCC(C)=CC(=O)O[C@@H]1C[C@@H](CCCC=C)O[C@@](OC)([C@@H]2CSC(=O)N2Cc2ccc(OC)cc2)C1. The number of esters is 1. The van der Waals surface area contributed by atoms with E-state index in [1.807, 2.05) is 54.3 Å². The standard InChI is InChI=1S/C32H43NO6S/c1-6-8-10-12-13-24(3)19-30(34)38-28-20-27(14-11-9-7-2)39-32(21-28,37-5)29-23-40-31(35)33(29)22-25-15-17-26(36-4)18-16-25/h6-8,10,15-19,27-29H,1-2,9,11-14,20-23H2,3-5H3/t27-,28-,29+,32-/m1/s1. The second kappa shape index (κ2) is 15.8. The number of methoxy groups -OCH3 is 2. The van der Waals surface area contributed by atoms with Crippen molar-refractivity contribution < 1.29 is 28.5 Å². The van der Waals surface area contributed by atoms with E-state index < -0.39 is 11.9 Å². The van der Waals surface area contributed by atoms with Crippen LogP contribution in [0, 0.1) is 0 Å². The molecule has 3 rings (SSSR count). The van der Waals surface area contributed by atoms with Crippen molar-refractivity contribution in [2.45, 2.75) is 82.5 Å². The van der Waals surface area contributed by atoms with Gasteiger partial charge in [-0.25, -0.2) is 4.79 Å². The lowest BCUT2D eigenvalue weighted by Gasteiger charge is -2.48. The van der Waals surface area contributed by atoms with Crippen molar-refractivity contribution in [3.8, 4) is 5.75 Å². The Bertz CT molecular complexity index is 1070. The number of unbranched alkanes of at least 4 members (excludes halogenated alkanes) is 1. The summed E-state index contributed by atoms with van der Waals surface area (Å²) in [5.41, 5.74) is 1.94. The minimum atomic E-state index is -1.10. The third-order valence-electron chi connectivity index (χ3n) is 7.30. The summed E-state index contributed by atoms with van der Waals surface area (Å²) in [6.07, 6.45) is 13.6. The molecule has 1 aromatic rings. The second-order valence-electron chi connectivity index (χ2n) is 10.2. The van der Waals surface area contributed by atoms with Crippen LogP contribution in [0.2, 0.25) is 0 Å². The van der Waals surface area contributed by atoms with Gasteiger partial charge < -0.3 is 23.8 Å². The maximum atomic E-state index is 13.1. The molecule has 0 aromatic heterocycles. The van der Waals surface area contributed by atoms with E-state index in [1.165, 1.54) is 11.8 Å². The van der Waals surface area contributed by atoms with Gasteiger partial charge in [0.1, 0.15) is 11.9 Å². The third-order valence-corrected chi connectivity index (χ3v) is 8.27. The van der Waals surface area contributed by atoms with Gasteiger partial charge >= 0.3 is 5.97 Å². The van der Waals surface area contributed by atoms with E-state index in [4.69, 9.17) is 18.9 Å². The Morgan fingerprint density at radius 3 is 2.67 bits per heavy atom. The molecule has 1 aromatic carbocycles. The minimum absolute atomic E-state index is 0.0211. The Kier molecular flexibility index (Phi) is 12.6. The summed E-state index contributed by atoms with van der Waals surface area (Å²) in [5.74, 6) is -0.169. The van der Waals surface area contributed by atoms with Crippen LogP contribution in [-0.4, -0.2) is 60.1 Å². The van der Waals surface area contributed by atoms with E-state index in [1.54, 1.807) is 26.4 Å². The van der Waals surface area contributed by atoms with Gasteiger partial charge in [0, 0.05) is 38.3 Å². The van der Waals surface area contributed by atoms with E-state index in [0.717, 1.165) is 49.0 Å². The highest BCUT2D eigenvalue weighted by molar-refractivity contribution is 8.13. The quantitative estimate of drug-likeness (QED) is 0.0741. The summed E-state index contributed by atoms with van der Waals surface area (Å²) in [6.45, 7) is 9.86. The van der Waals surface area contributed by atoms with Crippen molar-refractivity contribution in [2.24, 2.45) is 0 Å². The molecule has 8 heteroatoms. The number of amides is 1. The van der Waals surface area contributed by atoms with Crippen LogP contribution in [0.5, 0.6) is 5.75 Å². The highest BCUT2D eigenvalue weighted by Gasteiger charge is 2.54. The molecular weight excluding hydrogens is 526 g/mol. The molecule has 2 aliphatic heterocycles. The number of hydrogen-bond donors (Lipinski definition) is 0. The monoisotopic (exact) mass is 569 g/mol. The van der Waals surface area contributed by atoms with Crippen LogP contribution in [0.25, 0.3) is 0 Å². The van der Waals surface area contributed by atoms with Gasteiger partial charge in [0.05, 0.1) is 19.3 Å². The van der Waals surface area contributed by atoms with Crippen LogP contribution in [-0.2, 0) is 25.5 Å². The fourth-order valence-electron chi connectivity index (χ4n) is 5.20. The van der Waals surface area contributed by atoms with E-state index in [-0.39, 0.29) is 23.4 Å². The largest absolute Gasteiger partial charge is 0.497 e. The Morgan fingerprint density at radius 2 is 2.00 bits per heavy atom. The first-order chi connectivity index (χ1) is 19.3. The Labute approximate surface area is 243 Å². The molecule has 0 radical (unpaired) electrons. The lowest BCUT2D eigenvalue weighted by Crippen LogP contribution is -2.60. The first-order valence-corrected chi connectivity index (χ1v) is 14.9. The number of rotatable bonds is 15. The maximum absolute atomic E-state index is 13.1. The number of carbonyl (C=O) groups is 2. The van der Waals surface area contributed by atoms with E-state index in [0.29, 0.717) is 25.1 Å². The van der Waals surface area contributed by atoms with Crippen LogP contribution >= 0.6 is 11.8 Å². The average molecular weight is 570 g/mol. The fourth-order valence-corrected chi connectivity index (χ4v) is 6.29. The van der Waals surface area contributed by atoms with E-state index in [9.17, 15) is 9.59 Å². The van der Waals surface area contributed by atoms with Crippen LogP contribution in [0.3, 0.4) is 0 Å². The molecule has 0 N–H and O–H groups in total. The molecule has 2 aliphatic rings. The first-order valence-electron chi connectivity index (χ1n) is 13.9. The molecule has 0 aliphatic carbocycles. The summed E-state index contributed by atoms with van der Waals surface area (Å²) >= 11 is 1.27. The zero-order valence-corrected chi connectivity index (χ0v) is 24.8. The topological polar surface area (TPSA) is 74.3 Å². The normalized spacial score (nSPS) is 25.3. The fraction of sp³-hybridized carbons (Fsp3) is 0.500. The summed E-state index contributed by atoms with van der Waals surface area (Å²) in [7, 11) is 3.24. The van der Waals surface area contributed by atoms with Gasteiger partial charge in [-0.1, -0.05) is 60.4 Å². The van der Waals surface area contributed by atoms with Crippen molar-refractivity contribution in [3.05, 3.63) is 78.9 Å². The van der Waals surface area contributed by atoms with Crippen molar-refractivity contribution >= 4 is 23.0 Å². The molecule has 4 atom stereocenters. The van der Waals surface area contributed by atoms with Gasteiger partial charge in [0.2, 0.25) is 0 Å². The summed E-state index contributed by atoms with van der Waals surface area (Å²) < 4.78 is 24.1.